The lowest BCUT2D eigenvalue weighted by molar-refractivity contribution is 0.00578. The average Bonchev–Trinajstić information content (AvgIpc) is 3.15. The molecule has 158 valence electrons. The van der Waals surface area contributed by atoms with Gasteiger partial charge in [0.1, 0.15) is 0 Å². The molecule has 1 aromatic heterocycles. The van der Waals surface area contributed by atoms with Crippen molar-refractivity contribution < 1.29 is 18.6 Å². The van der Waals surface area contributed by atoms with Crippen LogP contribution in [0.2, 0.25) is 0 Å². The van der Waals surface area contributed by atoms with E-state index in [1.54, 1.807) is 11.3 Å². The van der Waals surface area contributed by atoms with E-state index >= 15 is 0 Å². The number of thiophene rings is 1. The molecule has 1 aromatic rings. The Morgan fingerprint density at radius 2 is 1.28 bits per heavy atom. The third-order valence-electron chi connectivity index (χ3n) is 7.09. The highest BCUT2D eigenvalue weighted by atomic mass is 32.1. The van der Waals surface area contributed by atoms with E-state index < -0.39 is 25.4 Å². The lowest BCUT2D eigenvalue weighted by Crippen LogP contribution is -2.41. The quantitative estimate of drug-likeness (QED) is 0.539. The first kappa shape index (κ1) is 21.8. The van der Waals surface area contributed by atoms with Gasteiger partial charge in [-0.1, -0.05) is 6.92 Å². The van der Waals surface area contributed by atoms with E-state index in [0.29, 0.717) is 5.92 Å². The van der Waals surface area contributed by atoms with Crippen molar-refractivity contribution in [3.8, 4) is 0 Å². The molecule has 3 aliphatic heterocycles. The first-order chi connectivity index (χ1) is 13.3. The van der Waals surface area contributed by atoms with E-state index in [9.17, 15) is 0 Å². The lowest BCUT2D eigenvalue weighted by Gasteiger charge is -2.32. The summed E-state index contributed by atoms with van der Waals surface area (Å²) in [5.41, 5.74) is 0.640. The van der Waals surface area contributed by atoms with Gasteiger partial charge in [0.15, 0.2) is 0 Å². The normalized spacial score (nSPS) is 28.5. The molecule has 2 fully saturated rings. The van der Waals surface area contributed by atoms with Gasteiger partial charge in [-0.15, -0.1) is 0 Å². The van der Waals surface area contributed by atoms with Crippen LogP contribution in [-0.4, -0.2) is 42.0 Å². The Kier molecular flexibility index (Phi) is 5.09. The molecule has 0 N–H and O–H groups in total. The summed E-state index contributed by atoms with van der Waals surface area (Å²) >= 11 is 3.18. The summed E-state index contributed by atoms with van der Waals surface area (Å²) in [5, 5.41) is 2.21. The van der Waals surface area contributed by atoms with Crippen molar-refractivity contribution in [1.29, 1.82) is 0 Å². The Labute approximate surface area is 182 Å². The van der Waals surface area contributed by atoms with Gasteiger partial charge in [-0.05, 0) is 83.9 Å². The number of hydrogen-bond acceptors (Lipinski definition) is 6. The zero-order chi connectivity index (χ0) is 21.4. The monoisotopic (exact) mass is 435 g/mol. The fourth-order valence-electron chi connectivity index (χ4n) is 3.68. The van der Waals surface area contributed by atoms with E-state index in [-0.39, 0.29) is 11.2 Å². The minimum atomic E-state index is -0.435. The lowest BCUT2D eigenvalue weighted by atomic mass is 9.78. The van der Waals surface area contributed by atoms with Gasteiger partial charge in [0.25, 0.3) is 0 Å². The maximum Gasteiger partial charge on any atom is 0.507 e. The highest BCUT2D eigenvalue weighted by molar-refractivity contribution is 7.67. The molecule has 1 atom stereocenters. The molecule has 2 saturated heterocycles. The average molecular weight is 435 g/mol. The van der Waals surface area contributed by atoms with Gasteiger partial charge in [0, 0.05) is 10.7 Å². The van der Waals surface area contributed by atoms with Crippen molar-refractivity contribution in [3.63, 3.8) is 0 Å². The van der Waals surface area contributed by atoms with Crippen LogP contribution in [0.5, 0.6) is 0 Å². The van der Waals surface area contributed by atoms with Gasteiger partial charge in [0.2, 0.25) is 0 Å². The largest absolute Gasteiger partial charge is 0.507 e. The predicted octanol–water partition coefficient (Wildman–Crippen LogP) is 3.55. The molecule has 5 nitrogen and oxygen atoms in total. The fourth-order valence-corrected chi connectivity index (χ4v) is 5.81. The number of hydrogen-bond donors (Lipinski definition) is 0. The Bertz CT molecular complexity index is 871. The highest BCUT2D eigenvalue weighted by Gasteiger charge is 2.56. The third-order valence-corrected chi connectivity index (χ3v) is 9.06. The number of nitrogens with zero attached hydrogens (tertiary/aromatic N) is 1. The molecule has 0 aliphatic carbocycles. The minimum Gasteiger partial charge on any atom is -0.399 e. The minimum absolute atomic E-state index is 0.300. The molecule has 1 unspecified atom stereocenters. The predicted molar refractivity (Wildman–Crippen MR) is 124 cm³/mol. The maximum absolute atomic E-state index is 6.41. The Hall–Kier alpha value is -0.440. The maximum atomic E-state index is 6.41. The molecule has 0 spiro atoms. The van der Waals surface area contributed by atoms with Crippen LogP contribution in [-0.2, 0) is 29.8 Å². The molecule has 0 saturated carbocycles. The molecule has 9 heteroatoms. The Balaban J connectivity index is 1.80. The third kappa shape index (κ3) is 3.33. The van der Waals surface area contributed by atoms with Crippen LogP contribution in [0.1, 0.15) is 80.2 Å². The van der Waals surface area contributed by atoms with Gasteiger partial charge >= 0.3 is 14.2 Å². The van der Waals surface area contributed by atoms with Crippen molar-refractivity contribution in [2.75, 3.05) is 0 Å². The summed E-state index contributed by atoms with van der Waals surface area (Å²) in [5.74, 6) is 0.300. The van der Waals surface area contributed by atoms with Gasteiger partial charge < -0.3 is 18.6 Å². The molecule has 0 radical (unpaired) electrons. The van der Waals surface area contributed by atoms with Crippen LogP contribution < -0.4 is 9.55 Å². The van der Waals surface area contributed by atoms with E-state index in [1.807, 2.05) is 0 Å². The van der Waals surface area contributed by atoms with Crippen LogP contribution >= 0.6 is 11.3 Å². The number of fused-ring (bicyclic) bond motifs is 1. The number of rotatable bonds is 3. The molecule has 0 amide bonds. The zero-order valence-corrected chi connectivity index (χ0v) is 20.5. The summed E-state index contributed by atoms with van der Waals surface area (Å²) in [6.07, 6.45) is 1.00. The molecule has 3 aliphatic rings. The first-order valence-electron chi connectivity index (χ1n) is 10.4. The summed E-state index contributed by atoms with van der Waals surface area (Å²) in [7, 11) is -0.842. The molecule has 0 bridgehead atoms. The van der Waals surface area contributed by atoms with Crippen molar-refractivity contribution in [1.82, 2.24) is 0 Å². The SMILES string of the molecule is CCC1C=S=Nc2c(B3OC(C)(C)C(C)(C)O3)sc(B3OC(C)(C)C(C)(C)O3)c21. The van der Waals surface area contributed by atoms with Crippen molar-refractivity contribution >= 4 is 57.3 Å². The van der Waals surface area contributed by atoms with E-state index in [4.69, 9.17) is 23.0 Å². The second-order valence-corrected chi connectivity index (χ2v) is 11.9. The summed E-state index contributed by atoms with van der Waals surface area (Å²) in [4.78, 5) is 0. The summed E-state index contributed by atoms with van der Waals surface area (Å²) in [6, 6.07) is 0. The van der Waals surface area contributed by atoms with Gasteiger partial charge in [0.05, 0.1) is 32.9 Å². The van der Waals surface area contributed by atoms with Crippen molar-refractivity contribution in [3.05, 3.63) is 5.56 Å². The fraction of sp³-hybridized carbons (Fsp3) is 0.750. The zero-order valence-electron chi connectivity index (χ0n) is 18.9. The van der Waals surface area contributed by atoms with Crippen LogP contribution in [0.3, 0.4) is 0 Å². The Morgan fingerprint density at radius 1 is 0.828 bits per heavy atom. The Morgan fingerprint density at radius 3 is 1.72 bits per heavy atom. The van der Waals surface area contributed by atoms with Crippen molar-refractivity contribution in [2.24, 2.45) is 4.36 Å². The standard InChI is InChI=1S/C20H31B2NO4S2/c1-10-12-11-28-23-14-13(12)15(21-24-17(2,3)18(4,5)25-21)29-16(14)22-26-19(6,7)20(8,9)27-22/h11-12H,10H2,1-9H3. The van der Waals surface area contributed by atoms with E-state index in [2.05, 4.69) is 67.7 Å². The summed E-state index contributed by atoms with van der Waals surface area (Å²) < 4.78 is 32.5. The summed E-state index contributed by atoms with van der Waals surface area (Å²) in [6.45, 7) is 18.9. The second-order valence-electron chi connectivity index (χ2n) is 10.1. The van der Waals surface area contributed by atoms with Gasteiger partial charge in [-0.2, -0.15) is 15.7 Å². The molecule has 29 heavy (non-hydrogen) atoms. The first-order valence-corrected chi connectivity index (χ1v) is 12.0. The molecule has 4 heterocycles. The second kappa shape index (κ2) is 6.78. The smallest absolute Gasteiger partial charge is 0.399 e. The van der Waals surface area contributed by atoms with E-state index in [1.165, 1.54) is 16.7 Å². The molecule has 0 aromatic carbocycles. The van der Waals surface area contributed by atoms with E-state index in [0.717, 1.165) is 21.7 Å². The highest BCUT2D eigenvalue weighted by Crippen LogP contribution is 2.42. The van der Waals surface area contributed by atoms with Crippen LogP contribution in [0.15, 0.2) is 4.36 Å². The van der Waals surface area contributed by atoms with Crippen LogP contribution in [0.4, 0.5) is 5.69 Å². The van der Waals surface area contributed by atoms with Crippen LogP contribution in [0, 0.1) is 0 Å². The van der Waals surface area contributed by atoms with Crippen molar-refractivity contribution in [2.45, 2.75) is 97.1 Å². The topological polar surface area (TPSA) is 49.3 Å². The van der Waals surface area contributed by atoms with Crippen LogP contribution in [0.25, 0.3) is 0 Å². The molecule has 4 rings (SSSR count). The molecular formula is C20H31B2NO4S2. The van der Waals surface area contributed by atoms with Gasteiger partial charge in [-0.25, -0.2) is 0 Å². The van der Waals surface area contributed by atoms with Gasteiger partial charge in [-0.3, -0.25) is 0 Å². The molecular weight excluding hydrogens is 404 g/mol.